The number of hydrogen-bond acceptors (Lipinski definition) is 5. The van der Waals surface area contributed by atoms with Gasteiger partial charge in [-0.2, -0.15) is 4.31 Å². The molecule has 0 spiro atoms. The first-order valence-corrected chi connectivity index (χ1v) is 9.14. The molecule has 24 heavy (non-hydrogen) atoms. The second-order valence-electron chi connectivity index (χ2n) is 5.94. The van der Waals surface area contributed by atoms with Crippen LogP contribution in [0.2, 0.25) is 0 Å². The van der Waals surface area contributed by atoms with Crippen LogP contribution in [0.5, 0.6) is 0 Å². The fourth-order valence-electron chi connectivity index (χ4n) is 2.93. The van der Waals surface area contributed by atoms with Gasteiger partial charge in [-0.05, 0) is 31.7 Å². The number of carboxylic acids is 1. The summed E-state index contributed by atoms with van der Waals surface area (Å²) in [6, 6.07) is 3.42. The summed E-state index contributed by atoms with van der Waals surface area (Å²) in [7, 11) is -4.01. The lowest BCUT2D eigenvalue weighted by Gasteiger charge is -2.35. The van der Waals surface area contributed by atoms with Crippen LogP contribution in [-0.2, 0) is 21.2 Å². The fraction of sp³-hybridized carbons (Fsp3) is 0.533. The molecule has 1 aromatic carbocycles. The fourth-order valence-corrected chi connectivity index (χ4v) is 4.95. The number of benzene rings is 1. The van der Waals surface area contributed by atoms with Crippen molar-refractivity contribution >= 4 is 21.7 Å². The minimum absolute atomic E-state index is 0.114. The Labute approximate surface area is 140 Å². The van der Waals surface area contributed by atoms with Crippen LogP contribution in [0, 0.1) is 16.0 Å². The Balaban J connectivity index is 2.50. The second-order valence-corrected chi connectivity index (χ2v) is 7.80. The number of sulfonamides is 1. The SMILES string of the molecule is CCc1ccc([N+](=O)[O-])cc1S(=O)(=O)N1CC(C(=O)O)CCC1C. The molecule has 0 radical (unpaired) electrons. The molecule has 0 aromatic heterocycles. The first-order valence-electron chi connectivity index (χ1n) is 7.70. The summed E-state index contributed by atoms with van der Waals surface area (Å²) in [4.78, 5) is 21.5. The van der Waals surface area contributed by atoms with Gasteiger partial charge in [-0.25, -0.2) is 8.42 Å². The standard InChI is InChI=1S/C15H20N2O6S/c1-3-11-6-7-13(17(20)21)8-14(11)24(22,23)16-9-12(15(18)19)5-4-10(16)2/h6-8,10,12H,3-5,9H2,1-2H3,(H,18,19). The number of aryl methyl sites for hydroxylation is 1. The van der Waals surface area contributed by atoms with Crippen LogP contribution in [-0.4, -0.2) is 41.3 Å². The van der Waals surface area contributed by atoms with Crippen LogP contribution in [0.15, 0.2) is 23.1 Å². The summed E-state index contributed by atoms with van der Waals surface area (Å²) in [5.41, 5.74) is 0.176. The topological polar surface area (TPSA) is 118 Å². The number of rotatable bonds is 5. The molecule has 8 nitrogen and oxygen atoms in total. The van der Waals surface area contributed by atoms with Crippen molar-refractivity contribution in [2.24, 2.45) is 5.92 Å². The summed E-state index contributed by atoms with van der Waals surface area (Å²) in [6.45, 7) is 3.36. The maximum Gasteiger partial charge on any atom is 0.307 e. The molecule has 0 bridgehead atoms. The number of carbonyl (C=O) groups is 1. The van der Waals surface area contributed by atoms with Gasteiger partial charge in [0, 0.05) is 24.7 Å². The molecule has 2 unspecified atom stereocenters. The number of aliphatic carboxylic acids is 1. The number of nitrogens with zero attached hydrogens (tertiary/aromatic N) is 2. The first-order chi connectivity index (χ1) is 11.2. The Morgan fingerprint density at radius 3 is 2.62 bits per heavy atom. The summed E-state index contributed by atoms with van der Waals surface area (Å²) in [5, 5.41) is 20.2. The molecule has 0 aliphatic carbocycles. The van der Waals surface area contributed by atoms with E-state index in [0.717, 1.165) is 10.4 Å². The predicted octanol–water partition coefficient (Wildman–Crippen LogP) is 2.03. The van der Waals surface area contributed by atoms with Crippen molar-refractivity contribution in [3.63, 3.8) is 0 Å². The lowest BCUT2D eigenvalue weighted by molar-refractivity contribution is -0.385. The zero-order chi connectivity index (χ0) is 18.1. The van der Waals surface area contributed by atoms with Crippen molar-refractivity contribution in [1.29, 1.82) is 0 Å². The maximum absolute atomic E-state index is 13.0. The van der Waals surface area contributed by atoms with Gasteiger partial charge >= 0.3 is 5.97 Å². The largest absolute Gasteiger partial charge is 0.481 e. The smallest absolute Gasteiger partial charge is 0.307 e. The zero-order valence-electron chi connectivity index (χ0n) is 13.5. The zero-order valence-corrected chi connectivity index (χ0v) is 14.3. The normalized spacial score (nSPS) is 22.2. The Morgan fingerprint density at radius 2 is 2.08 bits per heavy atom. The molecule has 0 saturated carbocycles. The minimum Gasteiger partial charge on any atom is -0.481 e. The van der Waals surface area contributed by atoms with Gasteiger partial charge < -0.3 is 5.11 Å². The van der Waals surface area contributed by atoms with Crippen molar-refractivity contribution in [3.8, 4) is 0 Å². The molecule has 1 fully saturated rings. The predicted molar refractivity (Wildman–Crippen MR) is 86.2 cm³/mol. The molecule has 0 amide bonds. The van der Waals surface area contributed by atoms with Gasteiger partial charge in [0.2, 0.25) is 10.0 Å². The molecule has 1 aromatic rings. The number of piperidine rings is 1. The van der Waals surface area contributed by atoms with Crippen molar-refractivity contribution in [3.05, 3.63) is 33.9 Å². The van der Waals surface area contributed by atoms with Gasteiger partial charge in [0.05, 0.1) is 15.7 Å². The third kappa shape index (κ3) is 3.41. The van der Waals surface area contributed by atoms with Crippen LogP contribution in [0.25, 0.3) is 0 Å². The highest BCUT2D eigenvalue weighted by Gasteiger charge is 2.38. The number of hydrogen-bond donors (Lipinski definition) is 1. The molecule has 1 aliphatic heterocycles. The van der Waals surface area contributed by atoms with Crippen LogP contribution in [0.4, 0.5) is 5.69 Å². The van der Waals surface area contributed by atoms with Crippen molar-refractivity contribution in [2.45, 2.75) is 44.0 Å². The van der Waals surface area contributed by atoms with Gasteiger partial charge in [0.1, 0.15) is 0 Å². The molecular weight excluding hydrogens is 336 g/mol. The third-order valence-electron chi connectivity index (χ3n) is 4.40. The van der Waals surface area contributed by atoms with Crippen LogP contribution >= 0.6 is 0 Å². The molecule has 1 heterocycles. The van der Waals surface area contributed by atoms with Crippen molar-refractivity contribution in [1.82, 2.24) is 4.31 Å². The third-order valence-corrected chi connectivity index (χ3v) is 6.47. The molecular formula is C15H20N2O6S. The highest BCUT2D eigenvalue weighted by molar-refractivity contribution is 7.89. The van der Waals surface area contributed by atoms with E-state index in [-0.39, 0.29) is 23.2 Å². The summed E-state index contributed by atoms with van der Waals surface area (Å²) < 4.78 is 27.2. The van der Waals surface area contributed by atoms with E-state index in [1.54, 1.807) is 13.8 Å². The van der Waals surface area contributed by atoms with Gasteiger partial charge in [0.25, 0.3) is 5.69 Å². The van der Waals surface area contributed by atoms with Crippen LogP contribution in [0.3, 0.4) is 0 Å². The quantitative estimate of drug-likeness (QED) is 0.637. The maximum atomic E-state index is 13.0. The van der Waals surface area contributed by atoms with Gasteiger partial charge in [-0.1, -0.05) is 13.0 Å². The monoisotopic (exact) mass is 356 g/mol. The number of nitro groups is 1. The van der Waals surface area contributed by atoms with E-state index in [9.17, 15) is 28.4 Å². The first kappa shape index (κ1) is 18.3. The molecule has 132 valence electrons. The molecule has 2 rings (SSSR count). The van der Waals surface area contributed by atoms with E-state index >= 15 is 0 Å². The van der Waals surface area contributed by atoms with Gasteiger partial charge in [-0.3, -0.25) is 14.9 Å². The highest BCUT2D eigenvalue weighted by Crippen LogP contribution is 2.31. The van der Waals surface area contributed by atoms with E-state index in [4.69, 9.17) is 0 Å². The Hall–Kier alpha value is -2.00. The van der Waals surface area contributed by atoms with Crippen molar-refractivity contribution in [2.75, 3.05) is 6.54 Å². The number of nitro benzene ring substituents is 1. The van der Waals surface area contributed by atoms with E-state index in [0.29, 0.717) is 24.8 Å². The lowest BCUT2D eigenvalue weighted by Crippen LogP contribution is -2.47. The van der Waals surface area contributed by atoms with E-state index in [2.05, 4.69) is 0 Å². The molecule has 1 N–H and O–H groups in total. The van der Waals surface area contributed by atoms with E-state index < -0.39 is 26.8 Å². The van der Waals surface area contributed by atoms with Crippen LogP contribution in [0.1, 0.15) is 32.3 Å². The summed E-state index contributed by atoms with van der Waals surface area (Å²) in [6.07, 6.45) is 1.25. The molecule has 9 heteroatoms. The number of non-ortho nitro benzene ring substituents is 1. The molecule has 1 saturated heterocycles. The Kier molecular flexibility index (Phi) is 5.24. The molecule has 2 atom stereocenters. The van der Waals surface area contributed by atoms with E-state index in [1.807, 2.05) is 0 Å². The Morgan fingerprint density at radius 1 is 1.42 bits per heavy atom. The summed E-state index contributed by atoms with van der Waals surface area (Å²) >= 11 is 0. The number of carboxylic acid groups (broad SMARTS) is 1. The summed E-state index contributed by atoms with van der Waals surface area (Å²) in [5.74, 6) is -1.79. The molecule has 1 aliphatic rings. The van der Waals surface area contributed by atoms with Crippen LogP contribution < -0.4 is 0 Å². The average molecular weight is 356 g/mol. The second kappa shape index (κ2) is 6.86. The van der Waals surface area contributed by atoms with Gasteiger partial charge in [0.15, 0.2) is 0 Å². The Bertz CT molecular complexity index is 761. The van der Waals surface area contributed by atoms with Gasteiger partial charge in [-0.15, -0.1) is 0 Å². The van der Waals surface area contributed by atoms with E-state index in [1.165, 1.54) is 12.1 Å². The minimum atomic E-state index is -4.01. The lowest BCUT2D eigenvalue weighted by atomic mass is 9.96. The average Bonchev–Trinajstić information content (AvgIpc) is 2.54. The highest BCUT2D eigenvalue weighted by atomic mass is 32.2. The van der Waals surface area contributed by atoms with Crippen molar-refractivity contribution < 1.29 is 23.2 Å².